The molecule has 1 aromatic heterocycles. The normalized spacial score (nSPS) is 11.2. The molecule has 0 aliphatic heterocycles. The summed E-state index contributed by atoms with van der Waals surface area (Å²) in [6.45, 7) is 3.20. The molecule has 0 aliphatic rings. The number of rotatable bonds is 4. The van der Waals surface area contributed by atoms with Gasteiger partial charge in [0, 0.05) is 21.9 Å². The van der Waals surface area contributed by atoms with E-state index in [0.29, 0.717) is 10.8 Å². The number of aromatic hydroxyl groups is 2. The van der Waals surface area contributed by atoms with E-state index in [1.165, 1.54) is 13.2 Å². The van der Waals surface area contributed by atoms with Crippen LogP contribution in [0.15, 0.2) is 40.6 Å². The van der Waals surface area contributed by atoms with Crippen molar-refractivity contribution in [3.8, 4) is 23.2 Å². The molecule has 9 nitrogen and oxygen atoms in total. The first-order valence-electron chi connectivity index (χ1n) is 8.83. The number of halogens is 1. The average molecular weight is 432 g/mol. The molecule has 3 rings (SSSR count). The zero-order valence-corrected chi connectivity index (χ0v) is 17.1. The van der Waals surface area contributed by atoms with Crippen LogP contribution in [0, 0.1) is 6.92 Å². The molecule has 3 aromatic rings. The second-order valence-corrected chi connectivity index (χ2v) is 6.55. The first-order valence-corrected chi connectivity index (χ1v) is 9.21. The van der Waals surface area contributed by atoms with Gasteiger partial charge in [0.15, 0.2) is 0 Å². The summed E-state index contributed by atoms with van der Waals surface area (Å²) in [6, 6.07) is 8.04. The number of hydrogen-bond acceptors (Lipinski definition) is 6. The fourth-order valence-electron chi connectivity index (χ4n) is 3.07. The molecular weight excluding hydrogens is 414 g/mol. The molecule has 0 unspecified atom stereocenters. The largest absolute Gasteiger partial charge is 0.494 e. The zero-order chi connectivity index (χ0) is 22.0. The van der Waals surface area contributed by atoms with Crippen LogP contribution in [0.3, 0.4) is 0 Å². The van der Waals surface area contributed by atoms with Crippen LogP contribution in [0.4, 0.5) is 4.79 Å². The highest BCUT2D eigenvalue weighted by Crippen LogP contribution is 2.44. The standard InChI is InChI=1S/C20H18ClN3O6/c1-4-30-20(28)23-22-17(25)15-10(2)13(21)9-14(29-3)16(15)24-18(26)11-7-5-6-8-12(11)19(24)27/h5-9,26-27H,4H2,1-3H3. The van der Waals surface area contributed by atoms with Crippen molar-refractivity contribution in [3.63, 3.8) is 0 Å². The van der Waals surface area contributed by atoms with Gasteiger partial charge in [0.2, 0.25) is 11.8 Å². The number of ether oxygens (including phenoxy) is 2. The van der Waals surface area contributed by atoms with Crippen LogP contribution in [0.1, 0.15) is 22.8 Å². The predicted molar refractivity (Wildman–Crippen MR) is 109 cm³/mol. The Balaban J connectivity index is 2.32. The minimum absolute atomic E-state index is 0.00147. The lowest BCUT2D eigenvalue weighted by Gasteiger charge is -2.17. The van der Waals surface area contributed by atoms with E-state index in [4.69, 9.17) is 16.3 Å². The number of fused-ring (bicyclic) bond motifs is 1. The Morgan fingerprint density at radius 2 is 1.73 bits per heavy atom. The number of benzene rings is 2. The molecular formula is C20H18ClN3O6. The smallest absolute Gasteiger partial charge is 0.452 e. The number of nitrogens with zero attached hydrogens (tertiary/aromatic N) is 3. The molecule has 2 aromatic carbocycles. The minimum Gasteiger partial charge on any atom is -0.494 e. The van der Waals surface area contributed by atoms with Crippen molar-refractivity contribution in [3.05, 3.63) is 46.5 Å². The highest BCUT2D eigenvalue weighted by atomic mass is 35.5. The number of amides is 2. The summed E-state index contributed by atoms with van der Waals surface area (Å²) in [5.41, 5.74) is 0.175. The third-order valence-corrected chi connectivity index (χ3v) is 4.83. The molecule has 0 atom stereocenters. The molecule has 0 radical (unpaired) electrons. The van der Waals surface area contributed by atoms with Crippen LogP contribution in [-0.4, -0.2) is 40.5 Å². The van der Waals surface area contributed by atoms with Crippen LogP contribution in [0.25, 0.3) is 16.5 Å². The zero-order valence-electron chi connectivity index (χ0n) is 16.3. The van der Waals surface area contributed by atoms with E-state index in [1.807, 2.05) is 0 Å². The van der Waals surface area contributed by atoms with E-state index in [9.17, 15) is 19.8 Å². The van der Waals surface area contributed by atoms with Gasteiger partial charge in [0.05, 0.1) is 19.3 Å². The van der Waals surface area contributed by atoms with Crippen molar-refractivity contribution in [1.29, 1.82) is 0 Å². The van der Waals surface area contributed by atoms with Gasteiger partial charge < -0.3 is 19.7 Å². The third-order valence-electron chi connectivity index (χ3n) is 4.44. The van der Waals surface area contributed by atoms with E-state index in [0.717, 1.165) is 4.57 Å². The summed E-state index contributed by atoms with van der Waals surface area (Å²) in [5.74, 6) is -1.49. The maximum Gasteiger partial charge on any atom is 0.452 e. The van der Waals surface area contributed by atoms with Crippen LogP contribution in [-0.2, 0) is 4.74 Å². The molecule has 0 aliphatic carbocycles. The van der Waals surface area contributed by atoms with E-state index in [1.54, 1.807) is 38.1 Å². The summed E-state index contributed by atoms with van der Waals surface area (Å²) < 4.78 is 11.0. The van der Waals surface area contributed by atoms with Crippen LogP contribution >= 0.6 is 11.6 Å². The number of hydrogen-bond donors (Lipinski definition) is 2. The van der Waals surface area contributed by atoms with Gasteiger partial charge in [-0.05, 0) is 31.5 Å². The molecule has 0 spiro atoms. The first-order chi connectivity index (χ1) is 14.3. The van der Waals surface area contributed by atoms with Crippen molar-refractivity contribution >= 4 is 34.4 Å². The first kappa shape index (κ1) is 21.1. The quantitative estimate of drug-likeness (QED) is 0.574. The molecule has 0 saturated carbocycles. The van der Waals surface area contributed by atoms with Crippen molar-refractivity contribution in [2.45, 2.75) is 13.8 Å². The van der Waals surface area contributed by atoms with Crippen molar-refractivity contribution < 1.29 is 29.3 Å². The van der Waals surface area contributed by atoms with E-state index >= 15 is 0 Å². The number of carbonyl (C=O) groups is 2. The van der Waals surface area contributed by atoms with Gasteiger partial charge in [-0.1, -0.05) is 34.0 Å². The van der Waals surface area contributed by atoms with Crippen molar-refractivity contribution in [2.75, 3.05) is 13.7 Å². The lowest BCUT2D eigenvalue weighted by atomic mass is 10.0. The number of carbonyl (C=O) groups excluding carboxylic acids is 2. The van der Waals surface area contributed by atoms with Gasteiger partial charge in [0.1, 0.15) is 11.4 Å². The number of aromatic nitrogens is 1. The summed E-state index contributed by atoms with van der Waals surface area (Å²) in [6.07, 6.45) is -1.03. The maximum atomic E-state index is 12.9. The number of methoxy groups -OCH3 is 1. The second-order valence-electron chi connectivity index (χ2n) is 6.14. The van der Waals surface area contributed by atoms with Crippen LogP contribution in [0.5, 0.6) is 17.5 Å². The van der Waals surface area contributed by atoms with E-state index < -0.39 is 12.0 Å². The van der Waals surface area contributed by atoms with E-state index in [2.05, 4.69) is 15.0 Å². The Hall–Kier alpha value is -3.59. The van der Waals surface area contributed by atoms with Crippen LogP contribution in [0.2, 0.25) is 5.02 Å². The van der Waals surface area contributed by atoms with Gasteiger partial charge in [-0.15, -0.1) is 0 Å². The fourth-order valence-corrected chi connectivity index (χ4v) is 3.26. The topological polar surface area (TPSA) is 123 Å². The third kappa shape index (κ3) is 3.55. The maximum absolute atomic E-state index is 12.9. The predicted octanol–water partition coefficient (Wildman–Crippen LogP) is 4.76. The Morgan fingerprint density at radius 1 is 1.13 bits per heavy atom. The second kappa shape index (κ2) is 8.42. The summed E-state index contributed by atoms with van der Waals surface area (Å²) in [4.78, 5) is 24.3. The fraction of sp³-hybridized carbons (Fsp3) is 0.200. The molecule has 0 saturated heterocycles. The molecule has 1 heterocycles. The average Bonchev–Trinajstić information content (AvgIpc) is 2.98. The summed E-state index contributed by atoms with van der Waals surface area (Å²) in [7, 11) is 1.34. The van der Waals surface area contributed by atoms with E-state index in [-0.39, 0.29) is 46.0 Å². The Bertz CT molecular complexity index is 1150. The molecule has 2 amide bonds. The Labute approximate surface area is 176 Å². The van der Waals surface area contributed by atoms with Gasteiger partial charge in [-0.25, -0.2) is 9.36 Å². The number of azo groups is 1. The van der Waals surface area contributed by atoms with Gasteiger partial charge >= 0.3 is 6.09 Å². The molecule has 10 heteroatoms. The molecule has 0 fully saturated rings. The molecule has 156 valence electrons. The van der Waals surface area contributed by atoms with Gasteiger partial charge in [-0.3, -0.25) is 4.79 Å². The van der Waals surface area contributed by atoms with Gasteiger partial charge in [0.25, 0.3) is 5.91 Å². The SMILES string of the molecule is CCOC(=O)N=NC(=O)c1c(C)c(Cl)cc(OC)c1-n1c(O)c2ccccc2c1O. The van der Waals surface area contributed by atoms with Crippen molar-refractivity contribution in [1.82, 2.24) is 4.57 Å². The molecule has 30 heavy (non-hydrogen) atoms. The highest BCUT2D eigenvalue weighted by molar-refractivity contribution is 6.32. The summed E-state index contributed by atoms with van der Waals surface area (Å²) >= 11 is 6.24. The monoisotopic (exact) mass is 431 g/mol. The van der Waals surface area contributed by atoms with Crippen LogP contribution < -0.4 is 4.74 Å². The lowest BCUT2D eigenvalue weighted by molar-refractivity contribution is 0.0987. The lowest BCUT2D eigenvalue weighted by Crippen LogP contribution is -2.10. The molecule has 2 N–H and O–H groups in total. The summed E-state index contributed by atoms with van der Waals surface area (Å²) in [5, 5.41) is 29.1. The van der Waals surface area contributed by atoms with Gasteiger partial charge in [-0.2, -0.15) is 0 Å². The minimum atomic E-state index is -1.03. The van der Waals surface area contributed by atoms with Crippen molar-refractivity contribution in [2.24, 2.45) is 10.2 Å². The Morgan fingerprint density at radius 3 is 2.27 bits per heavy atom. The molecule has 0 bridgehead atoms. The Kier molecular flexibility index (Phi) is 5.93. The highest BCUT2D eigenvalue weighted by Gasteiger charge is 2.28.